The largest absolute Gasteiger partial charge is 0.371 e. The second-order valence-electron chi connectivity index (χ2n) is 11.3. The Morgan fingerprint density at radius 2 is 1.48 bits per heavy atom. The zero-order valence-electron chi connectivity index (χ0n) is 24.7. The quantitative estimate of drug-likeness (QED) is 0.166. The Labute approximate surface area is 253 Å². The second-order valence-corrected chi connectivity index (χ2v) is 12.4. The number of hydrogen-bond acceptors (Lipinski definition) is 5. The van der Waals surface area contributed by atoms with Gasteiger partial charge in [0.2, 0.25) is 0 Å². The van der Waals surface area contributed by atoms with Crippen LogP contribution in [0.4, 0.5) is 0 Å². The van der Waals surface area contributed by atoms with E-state index in [0.29, 0.717) is 13.2 Å². The van der Waals surface area contributed by atoms with Crippen molar-refractivity contribution in [1.82, 2.24) is 4.98 Å². The highest BCUT2D eigenvalue weighted by Gasteiger charge is 2.41. The van der Waals surface area contributed by atoms with Crippen LogP contribution >= 0.6 is 11.3 Å². The van der Waals surface area contributed by atoms with Gasteiger partial charge >= 0.3 is 0 Å². The predicted octanol–water partition coefficient (Wildman–Crippen LogP) is 8.91. The van der Waals surface area contributed by atoms with Gasteiger partial charge < -0.3 is 14.2 Å². The molecule has 0 spiro atoms. The molecule has 1 aliphatic heterocycles. The summed E-state index contributed by atoms with van der Waals surface area (Å²) in [6, 6.07) is 33.8. The lowest BCUT2D eigenvalue weighted by Gasteiger charge is -2.42. The van der Waals surface area contributed by atoms with Crippen molar-refractivity contribution in [2.24, 2.45) is 0 Å². The topological polar surface area (TPSA) is 40.6 Å². The number of rotatable bonds is 10. The van der Waals surface area contributed by atoms with Gasteiger partial charge in [0.1, 0.15) is 12.2 Å². The SMILES string of the molecule is CC[C@@H]1C[C@H](OCc2ccccc2)[C@@H](OCc2ccccc2)[C@H](c2cc(Cc3nc4ccccc4s3)c(C)cc2C)O1. The van der Waals surface area contributed by atoms with E-state index in [-0.39, 0.29) is 24.4 Å². The van der Waals surface area contributed by atoms with E-state index >= 15 is 0 Å². The number of nitrogens with zero attached hydrogens (tertiary/aromatic N) is 1. The van der Waals surface area contributed by atoms with Gasteiger partial charge in [0.05, 0.1) is 40.6 Å². The summed E-state index contributed by atoms with van der Waals surface area (Å²) < 4.78 is 21.5. The molecular weight excluding hydrogens is 538 g/mol. The molecule has 216 valence electrons. The highest BCUT2D eigenvalue weighted by molar-refractivity contribution is 7.18. The van der Waals surface area contributed by atoms with Crippen molar-refractivity contribution in [1.29, 1.82) is 0 Å². The zero-order chi connectivity index (χ0) is 28.9. The van der Waals surface area contributed by atoms with Crippen LogP contribution in [0, 0.1) is 13.8 Å². The van der Waals surface area contributed by atoms with Crippen LogP contribution < -0.4 is 0 Å². The van der Waals surface area contributed by atoms with Crippen molar-refractivity contribution < 1.29 is 14.2 Å². The lowest BCUT2D eigenvalue weighted by Crippen LogP contribution is -2.46. The molecule has 4 atom stereocenters. The molecule has 0 amide bonds. The molecule has 1 saturated heterocycles. The van der Waals surface area contributed by atoms with Crippen molar-refractivity contribution in [2.45, 2.75) is 77.7 Å². The molecule has 1 aromatic heterocycles. The van der Waals surface area contributed by atoms with Crippen LogP contribution in [0.15, 0.2) is 97.1 Å². The minimum Gasteiger partial charge on any atom is -0.371 e. The van der Waals surface area contributed by atoms with E-state index < -0.39 is 0 Å². The Hall–Kier alpha value is -3.35. The zero-order valence-corrected chi connectivity index (χ0v) is 25.5. The second kappa shape index (κ2) is 13.3. The number of hydrogen-bond donors (Lipinski definition) is 0. The van der Waals surface area contributed by atoms with Gasteiger partial charge in [-0.25, -0.2) is 4.98 Å². The van der Waals surface area contributed by atoms with Gasteiger partial charge in [-0.1, -0.05) is 91.9 Å². The first kappa shape index (κ1) is 28.8. The van der Waals surface area contributed by atoms with Gasteiger partial charge in [-0.15, -0.1) is 11.3 Å². The summed E-state index contributed by atoms with van der Waals surface area (Å²) in [7, 11) is 0. The van der Waals surface area contributed by atoms with Crippen LogP contribution in [0.3, 0.4) is 0 Å². The minimum absolute atomic E-state index is 0.0916. The minimum atomic E-state index is -0.242. The van der Waals surface area contributed by atoms with Crippen LogP contribution in [0.2, 0.25) is 0 Å². The Morgan fingerprint density at radius 1 is 0.810 bits per heavy atom. The molecule has 0 saturated carbocycles. The Morgan fingerprint density at radius 3 is 2.17 bits per heavy atom. The lowest BCUT2D eigenvalue weighted by molar-refractivity contribution is -0.211. The number of thiazole rings is 1. The molecule has 2 heterocycles. The summed E-state index contributed by atoms with van der Waals surface area (Å²) in [6.07, 6.45) is 2.06. The average Bonchev–Trinajstić information content (AvgIpc) is 3.44. The van der Waals surface area contributed by atoms with Crippen LogP contribution in [0.5, 0.6) is 0 Å². The average molecular weight is 578 g/mol. The maximum absolute atomic E-state index is 6.86. The van der Waals surface area contributed by atoms with Crippen molar-refractivity contribution >= 4 is 21.6 Å². The fourth-order valence-electron chi connectivity index (χ4n) is 5.92. The highest BCUT2D eigenvalue weighted by Crippen LogP contribution is 2.39. The molecule has 4 nitrogen and oxygen atoms in total. The van der Waals surface area contributed by atoms with Gasteiger partial charge in [-0.05, 0) is 65.8 Å². The first-order valence-corrected chi connectivity index (χ1v) is 15.8. The van der Waals surface area contributed by atoms with E-state index in [1.54, 1.807) is 11.3 Å². The third-order valence-electron chi connectivity index (χ3n) is 8.26. The molecule has 0 N–H and O–H groups in total. The summed E-state index contributed by atoms with van der Waals surface area (Å²) in [5.41, 5.74) is 8.33. The molecule has 5 heteroatoms. The van der Waals surface area contributed by atoms with Crippen molar-refractivity contribution in [3.63, 3.8) is 0 Å². The molecule has 0 aliphatic carbocycles. The molecule has 0 bridgehead atoms. The number of aromatic nitrogens is 1. The van der Waals surface area contributed by atoms with E-state index in [0.717, 1.165) is 35.4 Å². The highest BCUT2D eigenvalue weighted by atomic mass is 32.1. The van der Waals surface area contributed by atoms with E-state index in [2.05, 4.69) is 106 Å². The summed E-state index contributed by atoms with van der Waals surface area (Å²) in [4.78, 5) is 4.92. The number of aryl methyl sites for hydroxylation is 2. The Bertz CT molecular complexity index is 1570. The van der Waals surface area contributed by atoms with Crippen LogP contribution in [0.25, 0.3) is 10.2 Å². The number of para-hydroxylation sites is 1. The first-order chi connectivity index (χ1) is 20.6. The Balaban J connectivity index is 1.32. The standard InChI is InChI=1S/C37H39NO3S/c1-4-30-22-33(39-23-27-13-7-5-8-14-27)37(40-24-28-15-9-6-10-16-28)36(41-30)31-20-29(25(2)19-26(31)3)21-35-38-32-17-11-12-18-34(32)42-35/h5-20,30,33,36-37H,4,21-24H2,1-3H3/t30-,33+,36+,37-/m1/s1. The van der Waals surface area contributed by atoms with Crippen molar-refractivity contribution in [2.75, 3.05) is 0 Å². The molecular formula is C37H39NO3S. The summed E-state index contributed by atoms with van der Waals surface area (Å²) in [5, 5.41) is 1.13. The monoisotopic (exact) mass is 577 g/mol. The molecule has 1 aliphatic rings. The van der Waals surface area contributed by atoms with Crippen molar-refractivity contribution in [3.8, 4) is 0 Å². The summed E-state index contributed by atoms with van der Waals surface area (Å²) >= 11 is 1.77. The fourth-order valence-corrected chi connectivity index (χ4v) is 6.91. The maximum Gasteiger partial charge on any atom is 0.114 e. The molecule has 1 fully saturated rings. The van der Waals surface area contributed by atoms with Crippen LogP contribution in [-0.2, 0) is 33.8 Å². The van der Waals surface area contributed by atoms with E-state index in [4.69, 9.17) is 19.2 Å². The van der Waals surface area contributed by atoms with E-state index in [9.17, 15) is 0 Å². The smallest absolute Gasteiger partial charge is 0.114 e. The fraction of sp³-hybridized carbons (Fsp3) is 0.324. The predicted molar refractivity (Wildman–Crippen MR) is 171 cm³/mol. The summed E-state index contributed by atoms with van der Waals surface area (Å²) in [6.45, 7) is 7.65. The van der Waals surface area contributed by atoms with Crippen molar-refractivity contribution in [3.05, 3.63) is 135 Å². The van der Waals surface area contributed by atoms with Gasteiger partial charge in [-0.2, -0.15) is 0 Å². The third kappa shape index (κ3) is 6.66. The van der Waals surface area contributed by atoms with Crippen LogP contribution in [0.1, 0.15) is 64.3 Å². The molecule has 4 aromatic carbocycles. The first-order valence-electron chi connectivity index (χ1n) is 15.0. The lowest BCUT2D eigenvalue weighted by atomic mass is 9.87. The molecule has 0 radical (unpaired) electrons. The van der Waals surface area contributed by atoms with Crippen LogP contribution in [-0.4, -0.2) is 23.3 Å². The van der Waals surface area contributed by atoms with E-state index in [1.165, 1.54) is 32.5 Å². The number of benzene rings is 4. The molecule has 0 unspecified atom stereocenters. The number of ether oxygens (including phenoxy) is 3. The van der Waals surface area contributed by atoms with Gasteiger partial charge in [0, 0.05) is 12.8 Å². The van der Waals surface area contributed by atoms with Gasteiger partial charge in [0.15, 0.2) is 0 Å². The Kier molecular flexibility index (Phi) is 9.11. The molecule has 42 heavy (non-hydrogen) atoms. The number of fused-ring (bicyclic) bond motifs is 1. The maximum atomic E-state index is 6.86. The third-order valence-corrected chi connectivity index (χ3v) is 9.29. The van der Waals surface area contributed by atoms with Gasteiger partial charge in [0.25, 0.3) is 0 Å². The normalized spacial score (nSPS) is 20.6. The van der Waals surface area contributed by atoms with E-state index in [1.807, 2.05) is 12.1 Å². The molecule has 5 aromatic rings. The summed E-state index contributed by atoms with van der Waals surface area (Å²) in [5.74, 6) is 0. The molecule has 6 rings (SSSR count). The van der Waals surface area contributed by atoms with Gasteiger partial charge in [-0.3, -0.25) is 0 Å².